The van der Waals surface area contributed by atoms with E-state index in [4.69, 9.17) is 0 Å². The van der Waals surface area contributed by atoms with Crippen molar-refractivity contribution in [3.63, 3.8) is 0 Å². The van der Waals surface area contributed by atoms with Gasteiger partial charge in [0, 0.05) is 0 Å². The maximum absolute atomic E-state index is 10.9. The first-order valence-corrected chi connectivity index (χ1v) is 14.6. The average molecular weight is 445 g/mol. The zero-order valence-corrected chi connectivity index (χ0v) is 23.0. The summed E-state index contributed by atoms with van der Waals surface area (Å²) in [5.41, 5.74) is 1.68. The van der Waals surface area contributed by atoms with Gasteiger partial charge < -0.3 is 5.11 Å². The fourth-order valence-corrected chi connectivity index (χ4v) is 10.8. The Morgan fingerprint density at radius 3 is 2.12 bits per heavy atom. The molecular weight excluding hydrogens is 388 g/mol. The molecule has 5 unspecified atom stereocenters. The molecule has 0 aliphatic heterocycles. The molecule has 0 spiro atoms. The van der Waals surface area contributed by atoms with Gasteiger partial charge in [-0.3, -0.25) is 0 Å². The normalized spacial score (nSPS) is 48.8. The molecule has 0 aromatic heterocycles. The summed E-state index contributed by atoms with van der Waals surface area (Å²) < 4.78 is 0. The number of hydrogen-bond donors (Lipinski definition) is 1. The molecule has 32 heavy (non-hydrogen) atoms. The lowest BCUT2D eigenvalue weighted by Crippen LogP contribution is -2.62. The third kappa shape index (κ3) is 3.48. The molecule has 4 saturated carbocycles. The molecule has 0 amide bonds. The van der Waals surface area contributed by atoms with Crippen LogP contribution < -0.4 is 0 Å². The molecule has 1 N–H and O–H groups in total. The van der Waals surface area contributed by atoms with Crippen molar-refractivity contribution in [1.29, 1.82) is 0 Å². The van der Waals surface area contributed by atoms with Gasteiger partial charge in [-0.25, -0.2) is 0 Å². The van der Waals surface area contributed by atoms with Crippen LogP contribution in [0, 0.1) is 57.2 Å². The standard InChI is InChI=1S/C31H56O/c1-9-31-20-19-29(7)23(22(4)12-10-11-21(2)3)17-18-30(29,8)26(31)15-13-24-25(31)14-16-27(32)28(24,5)6/h21-27,32H,9-20H2,1-8H3/t22?,23?,24?,25?,26-,27-,29+,30?,31-/m0/s1. The summed E-state index contributed by atoms with van der Waals surface area (Å²) >= 11 is 0. The Morgan fingerprint density at radius 2 is 1.47 bits per heavy atom. The van der Waals surface area contributed by atoms with Crippen molar-refractivity contribution in [3.05, 3.63) is 0 Å². The molecule has 4 aliphatic rings. The fourth-order valence-electron chi connectivity index (χ4n) is 10.8. The number of hydrogen-bond acceptors (Lipinski definition) is 1. The van der Waals surface area contributed by atoms with E-state index in [0.29, 0.717) is 16.2 Å². The maximum atomic E-state index is 10.9. The van der Waals surface area contributed by atoms with Gasteiger partial charge in [-0.15, -0.1) is 0 Å². The van der Waals surface area contributed by atoms with E-state index in [0.717, 1.165) is 41.9 Å². The quantitative estimate of drug-likeness (QED) is 0.433. The van der Waals surface area contributed by atoms with Gasteiger partial charge in [0.15, 0.2) is 0 Å². The largest absolute Gasteiger partial charge is 0.393 e. The van der Waals surface area contributed by atoms with Crippen molar-refractivity contribution in [3.8, 4) is 0 Å². The minimum atomic E-state index is -0.0961. The molecule has 186 valence electrons. The van der Waals surface area contributed by atoms with E-state index >= 15 is 0 Å². The molecule has 0 radical (unpaired) electrons. The van der Waals surface area contributed by atoms with E-state index in [2.05, 4.69) is 55.4 Å². The van der Waals surface area contributed by atoms with Gasteiger partial charge in [-0.2, -0.15) is 0 Å². The zero-order chi connectivity index (χ0) is 23.5. The van der Waals surface area contributed by atoms with Crippen LogP contribution in [0.15, 0.2) is 0 Å². The molecule has 0 bridgehead atoms. The van der Waals surface area contributed by atoms with Crippen molar-refractivity contribution in [1.82, 2.24) is 0 Å². The lowest BCUT2D eigenvalue weighted by atomic mass is 9.36. The molecule has 4 fully saturated rings. The van der Waals surface area contributed by atoms with E-state index in [-0.39, 0.29) is 11.5 Å². The Morgan fingerprint density at radius 1 is 0.781 bits per heavy atom. The van der Waals surface area contributed by atoms with E-state index < -0.39 is 0 Å². The number of fused-ring (bicyclic) bond motifs is 5. The molecule has 4 aliphatic carbocycles. The molecule has 0 heterocycles. The van der Waals surface area contributed by atoms with E-state index in [1.54, 1.807) is 0 Å². The van der Waals surface area contributed by atoms with Crippen molar-refractivity contribution in [2.24, 2.45) is 57.2 Å². The smallest absolute Gasteiger partial charge is 0.0594 e. The zero-order valence-electron chi connectivity index (χ0n) is 23.0. The highest BCUT2D eigenvalue weighted by atomic mass is 16.3. The van der Waals surface area contributed by atoms with Gasteiger partial charge >= 0.3 is 0 Å². The Kier molecular flexibility index (Phi) is 6.71. The summed E-state index contributed by atoms with van der Waals surface area (Å²) in [7, 11) is 0. The Bertz CT molecular complexity index is 665. The molecule has 1 heteroatoms. The summed E-state index contributed by atoms with van der Waals surface area (Å²) in [6, 6.07) is 0. The second kappa shape index (κ2) is 8.57. The highest BCUT2D eigenvalue weighted by Crippen LogP contribution is 2.76. The van der Waals surface area contributed by atoms with Crippen molar-refractivity contribution in [2.75, 3.05) is 0 Å². The van der Waals surface area contributed by atoms with Crippen LogP contribution in [0.3, 0.4) is 0 Å². The first-order valence-electron chi connectivity index (χ1n) is 14.6. The van der Waals surface area contributed by atoms with Crippen molar-refractivity contribution in [2.45, 2.75) is 139 Å². The molecular formula is C31H56O. The third-order valence-corrected chi connectivity index (χ3v) is 13.0. The molecule has 9 atom stereocenters. The summed E-state index contributed by atoms with van der Waals surface area (Å²) in [6.45, 7) is 20.2. The highest BCUT2D eigenvalue weighted by Gasteiger charge is 2.69. The maximum Gasteiger partial charge on any atom is 0.0594 e. The minimum Gasteiger partial charge on any atom is -0.393 e. The van der Waals surface area contributed by atoms with Crippen LogP contribution in [-0.4, -0.2) is 11.2 Å². The van der Waals surface area contributed by atoms with E-state index in [9.17, 15) is 5.11 Å². The fraction of sp³-hybridized carbons (Fsp3) is 1.00. The predicted octanol–water partition coefficient (Wildman–Crippen LogP) is 8.88. The van der Waals surface area contributed by atoms with Gasteiger partial charge in [-0.05, 0) is 115 Å². The summed E-state index contributed by atoms with van der Waals surface area (Å²) in [4.78, 5) is 0. The number of rotatable bonds is 6. The minimum absolute atomic E-state index is 0.0961. The van der Waals surface area contributed by atoms with Gasteiger partial charge in [0.1, 0.15) is 0 Å². The third-order valence-electron chi connectivity index (χ3n) is 13.0. The molecule has 4 rings (SSSR count). The van der Waals surface area contributed by atoms with Crippen LogP contribution in [-0.2, 0) is 0 Å². The Balaban J connectivity index is 1.60. The van der Waals surface area contributed by atoms with Crippen LogP contribution in [0.5, 0.6) is 0 Å². The molecule has 0 aromatic carbocycles. The SMILES string of the molecule is CC[C@@]12CC[C@]3(C)C(C(C)CCCC(C)C)CCC3(C)[C@@H]1CCC1C2CC[C@H](O)C1(C)C. The van der Waals surface area contributed by atoms with Gasteiger partial charge in [0.25, 0.3) is 0 Å². The van der Waals surface area contributed by atoms with Crippen LogP contribution in [0.4, 0.5) is 0 Å². The van der Waals surface area contributed by atoms with Crippen molar-refractivity contribution >= 4 is 0 Å². The topological polar surface area (TPSA) is 20.2 Å². The molecule has 0 saturated heterocycles. The van der Waals surface area contributed by atoms with Gasteiger partial charge in [0.05, 0.1) is 6.10 Å². The number of aliphatic hydroxyl groups is 1. The molecule has 1 nitrogen and oxygen atoms in total. The van der Waals surface area contributed by atoms with Crippen LogP contribution >= 0.6 is 0 Å². The van der Waals surface area contributed by atoms with Crippen molar-refractivity contribution < 1.29 is 5.11 Å². The first kappa shape index (κ1) is 25.1. The van der Waals surface area contributed by atoms with E-state index in [1.807, 2.05) is 0 Å². The summed E-state index contributed by atoms with van der Waals surface area (Å²) in [5, 5.41) is 10.9. The first-order chi connectivity index (χ1) is 14.9. The highest BCUT2D eigenvalue weighted by molar-refractivity contribution is 5.17. The second-order valence-electron chi connectivity index (χ2n) is 14.6. The Labute approximate surface area is 200 Å². The monoisotopic (exact) mass is 444 g/mol. The lowest BCUT2D eigenvalue weighted by Gasteiger charge is -2.69. The van der Waals surface area contributed by atoms with Crippen LogP contribution in [0.25, 0.3) is 0 Å². The number of aliphatic hydroxyl groups excluding tert-OH is 1. The summed E-state index contributed by atoms with van der Waals surface area (Å²) in [5.74, 6) is 5.13. The van der Waals surface area contributed by atoms with E-state index in [1.165, 1.54) is 70.6 Å². The lowest BCUT2D eigenvalue weighted by molar-refractivity contribution is -0.211. The van der Waals surface area contributed by atoms with Gasteiger partial charge in [0.2, 0.25) is 0 Å². The van der Waals surface area contributed by atoms with Crippen LogP contribution in [0.1, 0.15) is 132 Å². The predicted molar refractivity (Wildman–Crippen MR) is 137 cm³/mol. The summed E-state index contributed by atoms with van der Waals surface area (Å²) in [6.07, 6.45) is 16.5. The van der Waals surface area contributed by atoms with Gasteiger partial charge in [-0.1, -0.05) is 74.7 Å². The second-order valence-corrected chi connectivity index (χ2v) is 14.6. The average Bonchev–Trinajstić information content (AvgIpc) is 3.01. The van der Waals surface area contributed by atoms with Crippen LogP contribution in [0.2, 0.25) is 0 Å². The molecule has 0 aromatic rings. The Hall–Kier alpha value is -0.0400.